The van der Waals surface area contributed by atoms with Crippen LogP contribution in [0.4, 0.5) is 0 Å². The Morgan fingerprint density at radius 3 is 2.58 bits per heavy atom. The normalized spacial score (nSPS) is 22.5. The van der Waals surface area contributed by atoms with Crippen molar-refractivity contribution in [3.8, 4) is 5.75 Å². The Morgan fingerprint density at radius 1 is 1.18 bits per heavy atom. The first kappa shape index (κ1) is 24.6. The van der Waals surface area contributed by atoms with E-state index >= 15 is 0 Å². The lowest BCUT2D eigenvalue weighted by molar-refractivity contribution is -0.151. The average Bonchev–Trinajstić information content (AvgIpc) is 2.78. The molecule has 0 fully saturated rings. The maximum atomic E-state index is 13.7. The van der Waals surface area contributed by atoms with Gasteiger partial charge in [0, 0.05) is 22.5 Å². The fourth-order valence-electron chi connectivity index (χ4n) is 4.65. The summed E-state index contributed by atoms with van der Waals surface area (Å²) >= 11 is 0. The molecule has 0 unspecified atom stereocenters. The minimum atomic E-state index is -0.923. The van der Waals surface area contributed by atoms with Crippen LogP contribution in [0.25, 0.3) is 0 Å². The van der Waals surface area contributed by atoms with Crippen molar-refractivity contribution in [1.82, 2.24) is 5.32 Å². The summed E-state index contributed by atoms with van der Waals surface area (Å²) in [5, 5.41) is 3.26. The summed E-state index contributed by atoms with van der Waals surface area (Å²) in [5.74, 6) is -2.63. The van der Waals surface area contributed by atoms with E-state index in [1.54, 1.807) is 6.92 Å². The Kier molecular flexibility index (Phi) is 7.95. The van der Waals surface area contributed by atoms with Crippen LogP contribution in [-0.4, -0.2) is 38.0 Å². The molecule has 2 aliphatic rings. The van der Waals surface area contributed by atoms with Crippen molar-refractivity contribution in [2.45, 2.75) is 52.9 Å². The number of hydrogen-bond donors (Lipinski definition) is 1. The predicted molar refractivity (Wildman–Crippen MR) is 123 cm³/mol. The topological polar surface area (TPSA) is 90.9 Å². The third-order valence-corrected chi connectivity index (χ3v) is 6.22. The molecule has 0 bridgehead atoms. The number of esters is 2. The van der Waals surface area contributed by atoms with Gasteiger partial charge in [-0.1, -0.05) is 38.5 Å². The largest absolute Gasteiger partial charge is 0.493 e. The molecule has 0 radical (unpaired) electrons. The first-order chi connectivity index (χ1) is 15.8. The van der Waals surface area contributed by atoms with E-state index in [-0.39, 0.29) is 18.3 Å². The first-order valence-electron chi connectivity index (χ1n) is 11.6. The number of rotatable bonds is 8. The lowest BCUT2D eigenvalue weighted by Crippen LogP contribution is -2.43. The third-order valence-electron chi connectivity index (χ3n) is 6.22. The summed E-state index contributed by atoms with van der Waals surface area (Å²) in [7, 11) is 1.29. The molecule has 1 N–H and O–H groups in total. The van der Waals surface area contributed by atoms with E-state index in [0.29, 0.717) is 41.2 Å². The highest BCUT2D eigenvalue weighted by Gasteiger charge is 2.47. The number of carbonyl (C=O) groups is 3. The molecule has 1 aromatic carbocycles. The van der Waals surface area contributed by atoms with Crippen LogP contribution in [0.3, 0.4) is 0 Å². The number of allylic oxidation sites excluding steroid dienone is 3. The van der Waals surface area contributed by atoms with Gasteiger partial charge in [-0.3, -0.25) is 9.59 Å². The summed E-state index contributed by atoms with van der Waals surface area (Å²) in [6.07, 6.45) is 2.35. The number of ketones is 1. The molecule has 3 rings (SSSR count). The second-order valence-corrected chi connectivity index (χ2v) is 8.50. The molecule has 7 heteroatoms. The molecule has 178 valence electrons. The molecule has 7 nitrogen and oxygen atoms in total. The van der Waals surface area contributed by atoms with Crippen molar-refractivity contribution in [2.75, 3.05) is 20.3 Å². The highest BCUT2D eigenvalue weighted by molar-refractivity contribution is 6.12. The standard InChI is InChI=1S/C26H33NO6/c1-6-8-13-33-19-12-10-9-11-17(19)22-21(26(30)32-7-2)16(4)27-18-14-15(3)20(25(29)31-5)24(28)23(18)22/h9-12,15,20,22,27H,6-8,13-14H2,1-5H3/t15-,20+,22+/m0/s1. The van der Waals surface area contributed by atoms with Gasteiger partial charge in [-0.25, -0.2) is 4.79 Å². The van der Waals surface area contributed by atoms with E-state index in [9.17, 15) is 14.4 Å². The van der Waals surface area contributed by atoms with Gasteiger partial charge in [0.2, 0.25) is 0 Å². The molecule has 0 aromatic heterocycles. The molecule has 33 heavy (non-hydrogen) atoms. The summed E-state index contributed by atoms with van der Waals surface area (Å²) < 4.78 is 16.4. The third kappa shape index (κ3) is 4.82. The van der Waals surface area contributed by atoms with Crippen LogP contribution in [-0.2, 0) is 23.9 Å². The van der Waals surface area contributed by atoms with Crippen LogP contribution in [0.1, 0.15) is 58.4 Å². The lowest BCUT2D eigenvalue weighted by atomic mass is 9.69. The van der Waals surface area contributed by atoms with Gasteiger partial charge in [0.05, 0.1) is 31.8 Å². The maximum Gasteiger partial charge on any atom is 0.336 e. The highest BCUT2D eigenvalue weighted by Crippen LogP contribution is 2.47. The van der Waals surface area contributed by atoms with E-state index < -0.39 is 23.8 Å². The van der Waals surface area contributed by atoms with Crippen molar-refractivity contribution in [1.29, 1.82) is 0 Å². The summed E-state index contributed by atoms with van der Waals surface area (Å²) in [5.41, 5.74) is 2.83. The number of para-hydroxylation sites is 1. The molecule has 0 spiro atoms. The zero-order valence-corrected chi connectivity index (χ0v) is 20.0. The van der Waals surface area contributed by atoms with Gasteiger partial charge < -0.3 is 19.5 Å². The second kappa shape index (κ2) is 10.7. The molecule has 1 aromatic rings. The minimum Gasteiger partial charge on any atom is -0.493 e. The number of hydrogen-bond acceptors (Lipinski definition) is 7. The van der Waals surface area contributed by atoms with E-state index in [2.05, 4.69) is 12.2 Å². The maximum absolute atomic E-state index is 13.7. The Bertz CT molecular complexity index is 992. The molecule has 0 saturated heterocycles. The van der Waals surface area contributed by atoms with E-state index in [0.717, 1.165) is 18.5 Å². The van der Waals surface area contributed by atoms with Gasteiger partial charge in [0.15, 0.2) is 5.78 Å². The van der Waals surface area contributed by atoms with Gasteiger partial charge in [-0.2, -0.15) is 0 Å². The van der Waals surface area contributed by atoms with Crippen LogP contribution in [0, 0.1) is 11.8 Å². The Morgan fingerprint density at radius 2 is 1.91 bits per heavy atom. The Balaban J connectivity index is 2.18. The number of unbranched alkanes of at least 4 members (excludes halogenated alkanes) is 1. The summed E-state index contributed by atoms with van der Waals surface area (Å²) in [4.78, 5) is 39.4. The van der Waals surface area contributed by atoms with E-state index in [4.69, 9.17) is 14.2 Å². The number of carbonyl (C=O) groups excluding carboxylic acids is 3. The number of methoxy groups -OCH3 is 1. The summed E-state index contributed by atoms with van der Waals surface area (Å²) in [6.45, 7) is 8.23. The van der Waals surface area contributed by atoms with Gasteiger partial charge >= 0.3 is 11.9 Å². The summed E-state index contributed by atoms with van der Waals surface area (Å²) in [6, 6.07) is 7.44. The molecule has 0 amide bonds. The highest BCUT2D eigenvalue weighted by atomic mass is 16.5. The van der Waals surface area contributed by atoms with Gasteiger partial charge in [-0.15, -0.1) is 0 Å². The lowest BCUT2D eigenvalue weighted by Gasteiger charge is -2.38. The molecule has 1 aliphatic heterocycles. The molecule has 3 atom stereocenters. The number of Topliss-reactive ketones (excluding diaryl/α,β-unsaturated/α-hetero) is 1. The Labute approximate surface area is 195 Å². The smallest absolute Gasteiger partial charge is 0.336 e. The number of dihydropyridines is 1. The predicted octanol–water partition coefficient (Wildman–Crippen LogP) is 4.04. The second-order valence-electron chi connectivity index (χ2n) is 8.50. The van der Waals surface area contributed by atoms with Crippen LogP contribution in [0.2, 0.25) is 0 Å². The fourth-order valence-corrected chi connectivity index (χ4v) is 4.65. The SMILES string of the molecule is CCCCOc1ccccc1[C@@H]1C(C(=O)OCC)=C(C)NC2=C1C(=O)[C@H](C(=O)OC)[C@@H](C)C2. The van der Waals surface area contributed by atoms with Crippen LogP contribution < -0.4 is 10.1 Å². The van der Waals surface area contributed by atoms with Crippen LogP contribution in [0.5, 0.6) is 5.75 Å². The van der Waals surface area contributed by atoms with Gasteiger partial charge in [0.1, 0.15) is 11.7 Å². The van der Waals surface area contributed by atoms with E-state index in [1.807, 2.05) is 38.1 Å². The van der Waals surface area contributed by atoms with Crippen molar-refractivity contribution < 1.29 is 28.6 Å². The zero-order chi connectivity index (χ0) is 24.1. The number of ether oxygens (including phenoxy) is 3. The zero-order valence-electron chi connectivity index (χ0n) is 20.0. The van der Waals surface area contributed by atoms with Crippen LogP contribution >= 0.6 is 0 Å². The van der Waals surface area contributed by atoms with Crippen LogP contribution in [0.15, 0.2) is 46.8 Å². The van der Waals surface area contributed by atoms with Crippen molar-refractivity contribution in [3.05, 3.63) is 52.4 Å². The molecule has 0 saturated carbocycles. The monoisotopic (exact) mass is 455 g/mol. The van der Waals surface area contributed by atoms with Gasteiger partial charge in [0.25, 0.3) is 0 Å². The number of nitrogens with one attached hydrogen (secondary N) is 1. The Hall–Kier alpha value is -3.09. The van der Waals surface area contributed by atoms with Crippen molar-refractivity contribution in [2.24, 2.45) is 11.8 Å². The molecule has 1 aliphatic carbocycles. The molecular weight excluding hydrogens is 422 g/mol. The first-order valence-corrected chi connectivity index (χ1v) is 11.6. The molecule has 1 heterocycles. The fraction of sp³-hybridized carbons (Fsp3) is 0.500. The quantitative estimate of drug-likeness (QED) is 0.359. The average molecular weight is 456 g/mol. The van der Waals surface area contributed by atoms with Gasteiger partial charge in [-0.05, 0) is 38.7 Å². The van der Waals surface area contributed by atoms with Crippen molar-refractivity contribution in [3.63, 3.8) is 0 Å². The van der Waals surface area contributed by atoms with E-state index in [1.165, 1.54) is 7.11 Å². The molecular formula is C26H33NO6. The number of benzene rings is 1. The van der Waals surface area contributed by atoms with Crippen molar-refractivity contribution >= 4 is 17.7 Å². The minimum absolute atomic E-state index is 0.207.